The molecular weight excluding hydrogens is 312 g/mol. The molecule has 7 heteroatoms. The van der Waals surface area contributed by atoms with E-state index in [0.29, 0.717) is 22.9 Å². The molecular formula is C17H18N2O5. The predicted molar refractivity (Wildman–Crippen MR) is 87.2 cm³/mol. The van der Waals surface area contributed by atoms with E-state index in [2.05, 4.69) is 10.6 Å². The molecule has 0 saturated carbocycles. The van der Waals surface area contributed by atoms with E-state index in [9.17, 15) is 4.79 Å². The highest BCUT2D eigenvalue weighted by atomic mass is 16.8. The highest BCUT2D eigenvalue weighted by molar-refractivity contribution is 5.69. The van der Waals surface area contributed by atoms with Crippen molar-refractivity contribution in [2.24, 2.45) is 0 Å². The van der Waals surface area contributed by atoms with Gasteiger partial charge in [-0.3, -0.25) is 5.32 Å². The average molecular weight is 330 g/mol. The Morgan fingerprint density at radius 3 is 2.25 bits per heavy atom. The number of benzene rings is 2. The fourth-order valence-corrected chi connectivity index (χ4v) is 2.25. The molecule has 0 spiro atoms. The zero-order valence-corrected chi connectivity index (χ0v) is 13.4. The van der Waals surface area contributed by atoms with Gasteiger partial charge in [0.1, 0.15) is 5.75 Å². The number of ether oxygens (including phenoxy) is 4. The molecule has 0 aliphatic carbocycles. The lowest BCUT2D eigenvalue weighted by molar-refractivity contribution is -0.0769. The van der Waals surface area contributed by atoms with Crippen molar-refractivity contribution in [2.45, 2.75) is 13.0 Å². The number of carbonyl (C=O) groups is 1. The summed E-state index contributed by atoms with van der Waals surface area (Å²) in [6.45, 7) is 1.95. The zero-order valence-electron chi connectivity index (χ0n) is 13.4. The van der Waals surface area contributed by atoms with E-state index in [-0.39, 0.29) is 6.61 Å². The lowest BCUT2D eigenvalue weighted by atomic mass is 10.3. The third-order valence-electron chi connectivity index (χ3n) is 3.30. The number of carbonyl (C=O) groups excluding carboxylic acids is 1. The first kappa shape index (κ1) is 15.8. The van der Waals surface area contributed by atoms with Gasteiger partial charge in [0.05, 0.1) is 13.7 Å². The van der Waals surface area contributed by atoms with E-state index >= 15 is 0 Å². The minimum Gasteiger partial charge on any atom is -0.497 e. The Kier molecular flexibility index (Phi) is 4.33. The first-order valence-corrected chi connectivity index (χ1v) is 7.48. The van der Waals surface area contributed by atoms with Crippen molar-refractivity contribution >= 4 is 11.8 Å². The normalized spacial score (nSPS) is 13.9. The van der Waals surface area contributed by atoms with E-state index in [1.807, 2.05) is 12.1 Å². The summed E-state index contributed by atoms with van der Waals surface area (Å²) in [6, 6.07) is 12.7. The van der Waals surface area contributed by atoms with Gasteiger partial charge in [-0.05, 0) is 43.3 Å². The summed E-state index contributed by atoms with van der Waals surface area (Å²) in [6.07, 6.45) is -0.661. The average Bonchev–Trinajstić information content (AvgIpc) is 2.93. The Morgan fingerprint density at radius 1 is 1.08 bits per heavy atom. The Hall–Kier alpha value is -3.09. The van der Waals surface area contributed by atoms with Crippen molar-refractivity contribution in [1.29, 1.82) is 0 Å². The summed E-state index contributed by atoms with van der Waals surface area (Å²) in [4.78, 5) is 11.9. The fourth-order valence-electron chi connectivity index (χ4n) is 2.25. The van der Waals surface area contributed by atoms with Gasteiger partial charge in [-0.25, -0.2) is 10.1 Å². The smallest absolute Gasteiger partial charge is 0.435 e. The molecule has 0 saturated heterocycles. The van der Waals surface area contributed by atoms with Crippen LogP contribution in [-0.4, -0.2) is 25.8 Å². The lowest BCUT2D eigenvalue weighted by Crippen LogP contribution is -2.61. The van der Waals surface area contributed by atoms with Crippen LogP contribution in [-0.2, 0) is 4.74 Å². The summed E-state index contributed by atoms with van der Waals surface area (Å²) in [5, 5.41) is 5.60. The first-order chi connectivity index (χ1) is 11.6. The van der Waals surface area contributed by atoms with Crippen molar-refractivity contribution in [3.05, 3.63) is 48.5 Å². The van der Waals surface area contributed by atoms with Crippen molar-refractivity contribution < 1.29 is 23.7 Å². The van der Waals surface area contributed by atoms with Gasteiger partial charge in [-0.15, -0.1) is 0 Å². The molecule has 3 rings (SSSR count). The van der Waals surface area contributed by atoms with Crippen LogP contribution in [0.15, 0.2) is 48.5 Å². The summed E-state index contributed by atoms with van der Waals surface area (Å²) >= 11 is 0. The van der Waals surface area contributed by atoms with Gasteiger partial charge >= 0.3 is 12.1 Å². The number of methoxy groups -OCH3 is 1. The van der Waals surface area contributed by atoms with Gasteiger partial charge in [0.2, 0.25) is 0 Å². The van der Waals surface area contributed by atoms with Gasteiger partial charge in [0.15, 0.2) is 11.5 Å². The van der Waals surface area contributed by atoms with Crippen molar-refractivity contribution in [3.8, 4) is 17.2 Å². The zero-order chi connectivity index (χ0) is 17.0. The van der Waals surface area contributed by atoms with E-state index in [1.165, 1.54) is 0 Å². The lowest BCUT2D eigenvalue weighted by Gasteiger charge is -2.28. The van der Waals surface area contributed by atoms with Crippen LogP contribution in [0.5, 0.6) is 17.2 Å². The summed E-state index contributed by atoms with van der Waals surface area (Å²) < 4.78 is 21.7. The van der Waals surface area contributed by atoms with Crippen LogP contribution in [0.4, 0.5) is 10.5 Å². The first-order valence-electron chi connectivity index (χ1n) is 7.48. The number of hydrogen-bond donors (Lipinski definition) is 2. The molecule has 0 atom stereocenters. The number of fused-ring (bicyclic) bond motifs is 1. The summed E-state index contributed by atoms with van der Waals surface area (Å²) in [5.41, 5.74) is 0.667. The molecule has 0 unspecified atom stereocenters. The molecule has 0 radical (unpaired) electrons. The highest BCUT2D eigenvalue weighted by Crippen LogP contribution is 2.38. The van der Waals surface area contributed by atoms with Crippen molar-refractivity contribution in [3.63, 3.8) is 0 Å². The number of nitrogens with one attached hydrogen (secondary N) is 2. The van der Waals surface area contributed by atoms with Crippen molar-refractivity contribution in [2.75, 3.05) is 19.0 Å². The maximum Gasteiger partial charge on any atom is 0.435 e. The Balaban J connectivity index is 1.84. The maximum atomic E-state index is 11.9. The Bertz CT molecular complexity index is 692. The van der Waals surface area contributed by atoms with E-state index in [4.69, 9.17) is 18.9 Å². The molecule has 1 aliphatic rings. The Labute approximate surface area is 139 Å². The van der Waals surface area contributed by atoms with E-state index < -0.39 is 12.1 Å². The SMILES string of the molecule is CCOC(=O)NC1(Nc2ccc(OC)cc2)Oc2ccccc2O1. The van der Waals surface area contributed by atoms with Gasteiger partial charge in [-0.2, -0.15) is 0 Å². The van der Waals surface area contributed by atoms with E-state index in [1.54, 1.807) is 50.4 Å². The van der Waals surface area contributed by atoms with E-state index in [0.717, 1.165) is 0 Å². The predicted octanol–water partition coefficient (Wildman–Crippen LogP) is 2.94. The second kappa shape index (κ2) is 6.57. The minimum absolute atomic E-state index is 0.234. The number of rotatable bonds is 5. The number of alkyl carbamates (subject to hydrolysis) is 1. The van der Waals surface area contributed by atoms with Crippen LogP contribution < -0.4 is 24.8 Å². The monoisotopic (exact) mass is 330 g/mol. The van der Waals surface area contributed by atoms with Crippen molar-refractivity contribution in [1.82, 2.24) is 5.32 Å². The molecule has 2 N–H and O–H groups in total. The van der Waals surface area contributed by atoms with Gasteiger partial charge in [0, 0.05) is 5.69 Å². The van der Waals surface area contributed by atoms with Crippen LogP contribution >= 0.6 is 0 Å². The molecule has 2 aromatic rings. The molecule has 0 aromatic heterocycles. The highest BCUT2D eigenvalue weighted by Gasteiger charge is 2.44. The minimum atomic E-state index is -1.59. The topological polar surface area (TPSA) is 78.1 Å². The third-order valence-corrected chi connectivity index (χ3v) is 3.30. The van der Waals surface area contributed by atoms with Crippen LogP contribution in [0.3, 0.4) is 0 Å². The van der Waals surface area contributed by atoms with Crippen LogP contribution in [0.2, 0.25) is 0 Å². The molecule has 0 fully saturated rings. The number of hydrogen-bond acceptors (Lipinski definition) is 6. The standard InChI is InChI=1S/C17H18N2O5/c1-3-22-16(20)19-17(18-12-8-10-13(21-2)11-9-12)23-14-6-4-5-7-15(14)24-17/h4-11,18H,3H2,1-2H3,(H,19,20). The van der Waals surface area contributed by atoms with Gasteiger partial charge in [-0.1, -0.05) is 12.1 Å². The fraction of sp³-hybridized carbons (Fsp3) is 0.235. The van der Waals surface area contributed by atoms with Gasteiger partial charge in [0.25, 0.3) is 0 Å². The quantitative estimate of drug-likeness (QED) is 0.821. The molecule has 1 heterocycles. The second-order valence-corrected chi connectivity index (χ2v) is 4.97. The maximum absolute atomic E-state index is 11.9. The van der Waals surface area contributed by atoms with Crippen LogP contribution in [0.25, 0.3) is 0 Å². The summed E-state index contributed by atoms with van der Waals surface area (Å²) in [5.74, 6) is 1.73. The van der Waals surface area contributed by atoms with Crippen LogP contribution in [0.1, 0.15) is 6.92 Å². The molecule has 1 aliphatic heterocycles. The molecule has 7 nitrogen and oxygen atoms in total. The Morgan fingerprint density at radius 2 is 1.71 bits per heavy atom. The largest absolute Gasteiger partial charge is 0.497 e. The van der Waals surface area contributed by atoms with Crippen LogP contribution in [0, 0.1) is 0 Å². The number of para-hydroxylation sites is 2. The number of anilines is 1. The van der Waals surface area contributed by atoms with Gasteiger partial charge < -0.3 is 18.9 Å². The molecule has 24 heavy (non-hydrogen) atoms. The molecule has 126 valence electrons. The third kappa shape index (κ3) is 3.29. The second-order valence-electron chi connectivity index (χ2n) is 4.97. The molecule has 2 aromatic carbocycles. The summed E-state index contributed by atoms with van der Waals surface area (Å²) in [7, 11) is 1.59. The molecule has 1 amide bonds. The number of amides is 1. The molecule has 0 bridgehead atoms.